The van der Waals surface area contributed by atoms with E-state index in [1.165, 1.54) is 26.0 Å². The van der Waals surface area contributed by atoms with Crippen molar-refractivity contribution in [2.24, 2.45) is 5.16 Å². The third kappa shape index (κ3) is 4.87. The molecule has 2 aromatic carbocycles. The molecule has 0 fully saturated rings. The van der Waals surface area contributed by atoms with Crippen LogP contribution in [0.1, 0.15) is 29.2 Å². The number of halogens is 1. The van der Waals surface area contributed by atoms with Crippen LogP contribution in [0.25, 0.3) is 11.6 Å². The van der Waals surface area contributed by atoms with Crippen LogP contribution in [-0.4, -0.2) is 25.9 Å². The van der Waals surface area contributed by atoms with E-state index < -0.39 is 5.97 Å². The van der Waals surface area contributed by atoms with Gasteiger partial charge in [0.15, 0.2) is 0 Å². The summed E-state index contributed by atoms with van der Waals surface area (Å²) in [6, 6.07) is 13.3. The van der Waals surface area contributed by atoms with E-state index in [1.54, 1.807) is 0 Å². The van der Waals surface area contributed by atoms with Crippen molar-refractivity contribution in [1.29, 1.82) is 0 Å². The quantitative estimate of drug-likeness (QED) is 0.211. The average molecular weight is 412 g/mol. The number of rotatable bonds is 7. The van der Waals surface area contributed by atoms with E-state index in [0.29, 0.717) is 16.2 Å². The van der Waals surface area contributed by atoms with Crippen LogP contribution in [0.15, 0.2) is 59.5 Å². The first-order valence-corrected chi connectivity index (χ1v) is 9.46. The summed E-state index contributed by atoms with van der Waals surface area (Å²) in [6.07, 6.45) is 4.24. The van der Waals surface area contributed by atoms with E-state index in [-0.39, 0.29) is 6.61 Å². The van der Waals surface area contributed by atoms with E-state index in [9.17, 15) is 4.79 Å². The van der Waals surface area contributed by atoms with Gasteiger partial charge in [0.2, 0.25) is 0 Å². The molecule has 1 aliphatic carbocycles. The molecule has 0 heterocycles. The molecule has 0 saturated heterocycles. The maximum Gasteiger partial charge on any atom is 0.341 e. The fourth-order valence-corrected chi connectivity index (χ4v) is 3.33. The zero-order chi connectivity index (χ0) is 20.8. The van der Waals surface area contributed by atoms with Crippen LogP contribution < -0.4 is 0 Å². The van der Waals surface area contributed by atoms with Crippen molar-refractivity contribution >= 4 is 34.9 Å². The maximum absolute atomic E-state index is 12.1. The van der Waals surface area contributed by atoms with Gasteiger partial charge in [-0.15, -0.1) is 0 Å². The lowest BCUT2D eigenvalue weighted by Gasteiger charge is -2.11. The summed E-state index contributed by atoms with van der Waals surface area (Å²) in [5, 5.41) is 4.98. The van der Waals surface area contributed by atoms with Gasteiger partial charge in [0, 0.05) is 10.6 Å². The van der Waals surface area contributed by atoms with Crippen LogP contribution in [0.2, 0.25) is 5.02 Å². The van der Waals surface area contributed by atoms with Gasteiger partial charge >= 0.3 is 5.97 Å². The summed E-state index contributed by atoms with van der Waals surface area (Å²) < 4.78 is 9.89. The molecule has 1 aliphatic rings. The number of methoxy groups -OCH3 is 2. The molecule has 5 nitrogen and oxygen atoms in total. The number of ether oxygens (including phenoxy) is 2. The Kier molecular flexibility index (Phi) is 6.73. The normalized spacial score (nSPS) is 13.6. The number of esters is 1. The Balaban J connectivity index is 1.73. The first kappa shape index (κ1) is 20.7. The predicted octanol–water partition coefficient (Wildman–Crippen LogP) is 5.03. The number of hydrogen-bond donors (Lipinski definition) is 0. The van der Waals surface area contributed by atoms with Crippen molar-refractivity contribution in [3.8, 4) is 0 Å². The summed E-state index contributed by atoms with van der Waals surface area (Å²) in [6.45, 7) is 2.12. The number of benzene rings is 2. The largest absolute Gasteiger partial charge is 0.503 e. The van der Waals surface area contributed by atoms with Crippen LogP contribution in [0.4, 0.5) is 0 Å². The Morgan fingerprint density at radius 1 is 1.21 bits per heavy atom. The first-order chi connectivity index (χ1) is 14.0. The van der Waals surface area contributed by atoms with Crippen LogP contribution >= 0.6 is 11.6 Å². The average Bonchev–Trinajstić information content (AvgIpc) is 3.15. The number of carbonyl (C=O) groups is 1. The van der Waals surface area contributed by atoms with Crippen molar-refractivity contribution in [1.82, 2.24) is 0 Å². The first-order valence-electron chi connectivity index (χ1n) is 9.09. The molecule has 0 aromatic heterocycles. The van der Waals surface area contributed by atoms with Gasteiger partial charge in [-0.05, 0) is 53.8 Å². The highest BCUT2D eigenvalue weighted by Crippen LogP contribution is 2.28. The third-order valence-corrected chi connectivity index (χ3v) is 4.89. The third-order valence-electron chi connectivity index (χ3n) is 4.65. The molecule has 0 aliphatic heterocycles. The minimum absolute atomic E-state index is 0.206. The highest BCUT2D eigenvalue weighted by Gasteiger charge is 2.18. The molecule has 0 bridgehead atoms. The highest BCUT2D eigenvalue weighted by molar-refractivity contribution is 6.30. The van der Waals surface area contributed by atoms with Crippen LogP contribution in [0.3, 0.4) is 0 Å². The lowest BCUT2D eigenvalue weighted by molar-refractivity contribution is -0.133. The summed E-state index contributed by atoms with van der Waals surface area (Å²) in [7, 11) is 2.81. The number of allylic oxidation sites excluding steroid dienone is 1. The van der Waals surface area contributed by atoms with Crippen LogP contribution in [0, 0.1) is 0 Å². The van der Waals surface area contributed by atoms with E-state index in [4.69, 9.17) is 25.9 Å². The smallest absolute Gasteiger partial charge is 0.341 e. The van der Waals surface area contributed by atoms with E-state index in [2.05, 4.69) is 11.2 Å². The van der Waals surface area contributed by atoms with Crippen molar-refractivity contribution in [2.45, 2.75) is 20.0 Å². The zero-order valence-corrected chi connectivity index (χ0v) is 17.3. The Morgan fingerprint density at radius 2 is 2.00 bits per heavy atom. The van der Waals surface area contributed by atoms with Gasteiger partial charge in [-0.3, -0.25) is 0 Å². The zero-order valence-electron chi connectivity index (χ0n) is 16.6. The van der Waals surface area contributed by atoms with Gasteiger partial charge in [-0.25, -0.2) is 4.79 Å². The van der Waals surface area contributed by atoms with Gasteiger partial charge in [0.1, 0.15) is 12.2 Å². The number of nitrogens with zero attached hydrogens (tertiary/aromatic N) is 1. The monoisotopic (exact) mass is 411 g/mol. The Morgan fingerprint density at radius 3 is 2.76 bits per heavy atom. The molecule has 0 spiro atoms. The molecule has 6 heteroatoms. The molecule has 3 rings (SSSR count). The van der Waals surface area contributed by atoms with Crippen molar-refractivity contribution in [3.05, 3.63) is 81.6 Å². The fraction of sp³-hybridized carbons (Fsp3) is 0.217. The Hall–Kier alpha value is -3.05. The molecular formula is C23H22ClNO4. The molecule has 0 atom stereocenters. The van der Waals surface area contributed by atoms with E-state index in [1.807, 2.05) is 49.4 Å². The molecular weight excluding hydrogens is 390 g/mol. The second kappa shape index (κ2) is 9.43. The summed E-state index contributed by atoms with van der Waals surface area (Å²) >= 11 is 6.07. The predicted molar refractivity (Wildman–Crippen MR) is 114 cm³/mol. The van der Waals surface area contributed by atoms with Gasteiger partial charge in [0.25, 0.3) is 0 Å². The SMILES string of the molecule is CO/C=C(/C(=O)OC)c1ccccc1CO/N=C(\C)C1=Cc2cc(Cl)ccc2C1. The highest BCUT2D eigenvalue weighted by atomic mass is 35.5. The summed E-state index contributed by atoms with van der Waals surface area (Å²) in [5.74, 6) is -0.480. The molecule has 0 unspecified atom stereocenters. The fourth-order valence-electron chi connectivity index (χ4n) is 3.15. The minimum Gasteiger partial charge on any atom is -0.503 e. The van der Waals surface area contributed by atoms with Crippen LogP contribution in [0.5, 0.6) is 0 Å². The molecule has 150 valence electrons. The summed E-state index contributed by atoms with van der Waals surface area (Å²) in [4.78, 5) is 17.7. The second-order valence-electron chi connectivity index (χ2n) is 6.56. The van der Waals surface area contributed by atoms with Crippen molar-refractivity contribution in [3.63, 3.8) is 0 Å². The Bertz CT molecular complexity index is 1010. The van der Waals surface area contributed by atoms with Gasteiger partial charge in [0.05, 0.1) is 26.2 Å². The molecule has 2 aromatic rings. The Labute approximate surface area is 175 Å². The van der Waals surface area contributed by atoms with Crippen molar-refractivity contribution < 1.29 is 19.1 Å². The van der Waals surface area contributed by atoms with E-state index in [0.717, 1.165) is 28.8 Å². The number of fused-ring (bicyclic) bond motifs is 1. The second-order valence-corrected chi connectivity index (χ2v) is 6.99. The van der Waals surface area contributed by atoms with E-state index >= 15 is 0 Å². The number of oxime groups is 1. The number of hydrogen-bond acceptors (Lipinski definition) is 5. The molecule has 29 heavy (non-hydrogen) atoms. The topological polar surface area (TPSA) is 57.1 Å². The van der Waals surface area contributed by atoms with Crippen LogP contribution in [-0.2, 0) is 32.1 Å². The standard InChI is InChI=1S/C23H22ClNO4/c1-15(18-10-16-8-9-20(24)12-19(16)11-18)25-29-13-17-6-4-5-7-21(17)22(14-27-2)23(26)28-3/h4-9,11-12,14H,10,13H2,1-3H3/b22-14+,25-15+. The number of carbonyl (C=O) groups excluding carboxylic acids is 1. The lowest BCUT2D eigenvalue weighted by atomic mass is 10.0. The van der Waals surface area contributed by atoms with Gasteiger partial charge < -0.3 is 14.3 Å². The minimum atomic E-state index is -0.480. The lowest BCUT2D eigenvalue weighted by Crippen LogP contribution is -2.07. The molecule has 0 saturated carbocycles. The summed E-state index contributed by atoms with van der Waals surface area (Å²) in [5.41, 5.74) is 6.02. The van der Waals surface area contributed by atoms with Gasteiger partial charge in [-0.2, -0.15) is 0 Å². The molecule has 0 amide bonds. The maximum atomic E-state index is 12.1. The van der Waals surface area contributed by atoms with Gasteiger partial charge in [-0.1, -0.05) is 47.1 Å². The molecule has 0 N–H and O–H groups in total. The molecule has 0 radical (unpaired) electrons. The van der Waals surface area contributed by atoms with Crippen molar-refractivity contribution in [2.75, 3.05) is 14.2 Å².